The summed E-state index contributed by atoms with van der Waals surface area (Å²) in [5.74, 6) is 0.822. The number of halogens is 1. The van der Waals surface area contributed by atoms with E-state index in [0.29, 0.717) is 32.9 Å². The fourth-order valence-electron chi connectivity index (χ4n) is 3.24. The van der Waals surface area contributed by atoms with Gasteiger partial charge in [-0.15, -0.1) is 23.1 Å². The summed E-state index contributed by atoms with van der Waals surface area (Å²) >= 11 is 8.96. The van der Waals surface area contributed by atoms with Crippen molar-refractivity contribution in [2.45, 2.75) is 4.90 Å². The van der Waals surface area contributed by atoms with Gasteiger partial charge in [0.1, 0.15) is 0 Å². The van der Waals surface area contributed by atoms with Crippen molar-refractivity contribution < 1.29 is 19.1 Å². The highest BCUT2D eigenvalue weighted by Crippen LogP contribution is 2.31. The van der Waals surface area contributed by atoms with Crippen molar-refractivity contribution in [3.05, 3.63) is 82.7 Å². The third-order valence-corrected chi connectivity index (χ3v) is 7.13. The number of rotatable bonds is 9. The van der Waals surface area contributed by atoms with Crippen molar-refractivity contribution in [2.24, 2.45) is 0 Å². The highest BCUT2D eigenvalue weighted by Gasteiger charge is 2.12. The Morgan fingerprint density at radius 3 is 2.44 bits per heavy atom. The van der Waals surface area contributed by atoms with E-state index in [4.69, 9.17) is 21.1 Å². The zero-order chi connectivity index (χ0) is 25.5. The molecule has 184 valence electrons. The van der Waals surface area contributed by atoms with Crippen LogP contribution in [0, 0.1) is 0 Å². The predicted molar refractivity (Wildman–Crippen MR) is 146 cm³/mol. The number of nitrogens with one attached hydrogen (secondary N) is 2. The molecule has 0 aliphatic carbocycles. The molecule has 0 aliphatic heterocycles. The first kappa shape index (κ1) is 25.6. The number of thiazole rings is 1. The SMILES string of the molecule is COc1ccc(C(=O)Nc2ccc(SCC(=O)Nc3nc(-c4ccccc4Cl)cs3)cc2)cc1OC. The second-order valence-corrected chi connectivity index (χ2v) is 9.72. The van der Waals surface area contributed by atoms with Crippen LogP contribution in [0.25, 0.3) is 11.3 Å². The van der Waals surface area contributed by atoms with Gasteiger partial charge in [0.25, 0.3) is 5.91 Å². The molecule has 0 saturated carbocycles. The van der Waals surface area contributed by atoms with E-state index in [-0.39, 0.29) is 17.6 Å². The lowest BCUT2D eigenvalue weighted by Crippen LogP contribution is -2.13. The summed E-state index contributed by atoms with van der Waals surface area (Å²) in [5, 5.41) is 8.66. The Bertz CT molecular complexity index is 1380. The number of ether oxygens (including phenoxy) is 2. The Kier molecular flexibility index (Phi) is 8.48. The van der Waals surface area contributed by atoms with Crippen LogP contribution in [-0.2, 0) is 4.79 Å². The molecule has 0 spiro atoms. The van der Waals surface area contributed by atoms with Gasteiger partial charge in [0.15, 0.2) is 16.6 Å². The molecule has 1 aromatic heterocycles. The van der Waals surface area contributed by atoms with Crippen LogP contribution in [0.2, 0.25) is 5.02 Å². The average molecular weight is 540 g/mol. The number of amides is 2. The van der Waals surface area contributed by atoms with Gasteiger partial charge in [0, 0.05) is 32.1 Å². The molecule has 2 N–H and O–H groups in total. The minimum absolute atomic E-state index is 0.161. The van der Waals surface area contributed by atoms with E-state index in [9.17, 15) is 9.59 Å². The summed E-state index contributed by atoms with van der Waals surface area (Å²) in [7, 11) is 3.06. The van der Waals surface area contributed by atoms with Gasteiger partial charge >= 0.3 is 0 Å². The Morgan fingerprint density at radius 1 is 0.972 bits per heavy atom. The smallest absolute Gasteiger partial charge is 0.255 e. The molecule has 7 nitrogen and oxygen atoms in total. The molecule has 0 atom stereocenters. The van der Waals surface area contributed by atoms with Crippen LogP contribution in [0.3, 0.4) is 0 Å². The summed E-state index contributed by atoms with van der Waals surface area (Å²) in [4.78, 5) is 30.3. The molecule has 36 heavy (non-hydrogen) atoms. The van der Waals surface area contributed by atoms with Crippen molar-refractivity contribution in [3.63, 3.8) is 0 Å². The van der Waals surface area contributed by atoms with Crippen molar-refractivity contribution in [3.8, 4) is 22.8 Å². The van der Waals surface area contributed by atoms with Crippen LogP contribution in [0.15, 0.2) is 77.0 Å². The largest absolute Gasteiger partial charge is 0.493 e. The van der Waals surface area contributed by atoms with Crippen molar-refractivity contribution in [2.75, 3.05) is 30.6 Å². The summed E-state index contributed by atoms with van der Waals surface area (Å²) in [5.41, 5.74) is 2.63. The first-order valence-corrected chi connectivity index (χ1v) is 13.0. The zero-order valence-electron chi connectivity index (χ0n) is 19.4. The Hall–Kier alpha value is -3.53. The van der Waals surface area contributed by atoms with Crippen LogP contribution in [0.4, 0.5) is 10.8 Å². The molecule has 4 rings (SSSR count). The van der Waals surface area contributed by atoms with Gasteiger partial charge in [-0.25, -0.2) is 4.98 Å². The van der Waals surface area contributed by atoms with Crippen LogP contribution in [0.1, 0.15) is 10.4 Å². The Morgan fingerprint density at radius 2 is 1.72 bits per heavy atom. The molecule has 0 radical (unpaired) electrons. The Labute approximate surface area is 221 Å². The number of carbonyl (C=O) groups is 2. The van der Waals surface area contributed by atoms with Crippen molar-refractivity contribution in [1.29, 1.82) is 0 Å². The normalized spacial score (nSPS) is 10.5. The van der Waals surface area contributed by atoms with Gasteiger partial charge in [-0.3, -0.25) is 9.59 Å². The van der Waals surface area contributed by atoms with Gasteiger partial charge in [-0.05, 0) is 48.5 Å². The number of hydrogen-bond acceptors (Lipinski definition) is 7. The van der Waals surface area contributed by atoms with Gasteiger partial charge in [0.2, 0.25) is 5.91 Å². The zero-order valence-corrected chi connectivity index (χ0v) is 21.8. The lowest BCUT2D eigenvalue weighted by molar-refractivity contribution is -0.113. The molecule has 0 saturated heterocycles. The molecule has 1 heterocycles. The van der Waals surface area contributed by atoms with Crippen molar-refractivity contribution >= 4 is 57.3 Å². The first-order chi connectivity index (χ1) is 17.5. The van der Waals surface area contributed by atoms with E-state index in [1.54, 1.807) is 36.4 Å². The molecule has 0 unspecified atom stereocenters. The number of anilines is 2. The van der Waals surface area contributed by atoms with Crippen molar-refractivity contribution in [1.82, 2.24) is 4.98 Å². The van der Waals surface area contributed by atoms with Crippen LogP contribution >= 0.6 is 34.7 Å². The minimum Gasteiger partial charge on any atom is -0.493 e. The third kappa shape index (κ3) is 6.37. The van der Waals surface area contributed by atoms with E-state index in [0.717, 1.165) is 16.2 Å². The molecular formula is C26H22ClN3O4S2. The number of methoxy groups -OCH3 is 2. The van der Waals surface area contributed by atoms with Gasteiger partial charge in [-0.1, -0.05) is 29.8 Å². The minimum atomic E-state index is -0.268. The van der Waals surface area contributed by atoms with Crippen LogP contribution in [0.5, 0.6) is 11.5 Å². The number of aromatic nitrogens is 1. The molecule has 0 bridgehead atoms. The molecule has 0 fully saturated rings. The highest BCUT2D eigenvalue weighted by molar-refractivity contribution is 8.00. The second-order valence-electron chi connectivity index (χ2n) is 7.40. The standard InChI is InChI=1S/C26H22ClN3O4S2/c1-33-22-12-7-16(13-23(22)34-2)25(32)28-17-8-10-18(11-9-17)35-15-24(31)30-26-29-21(14-36-26)19-5-3-4-6-20(19)27/h3-14H,15H2,1-2H3,(H,28,32)(H,29,30,31). The number of hydrogen-bond donors (Lipinski definition) is 2. The molecular weight excluding hydrogens is 518 g/mol. The maximum atomic E-state index is 12.6. The number of thioether (sulfide) groups is 1. The molecule has 4 aromatic rings. The maximum absolute atomic E-state index is 12.6. The van der Waals surface area contributed by atoms with E-state index in [1.807, 2.05) is 35.7 Å². The van der Waals surface area contributed by atoms with E-state index < -0.39 is 0 Å². The maximum Gasteiger partial charge on any atom is 0.255 e. The Balaban J connectivity index is 1.29. The average Bonchev–Trinajstić information content (AvgIpc) is 3.36. The van der Waals surface area contributed by atoms with E-state index in [2.05, 4.69) is 15.6 Å². The fourth-order valence-corrected chi connectivity index (χ4v) is 4.90. The lowest BCUT2D eigenvalue weighted by atomic mass is 10.2. The topological polar surface area (TPSA) is 89.5 Å². The summed E-state index contributed by atoms with van der Waals surface area (Å²) in [6.07, 6.45) is 0. The quantitative estimate of drug-likeness (QED) is 0.237. The fraction of sp³-hybridized carbons (Fsp3) is 0.115. The highest BCUT2D eigenvalue weighted by atomic mass is 35.5. The molecule has 10 heteroatoms. The molecule has 0 aliphatic rings. The molecule has 2 amide bonds. The van der Waals surface area contributed by atoms with Gasteiger partial charge in [0.05, 0.1) is 25.7 Å². The van der Waals surface area contributed by atoms with Crippen LogP contribution in [-0.4, -0.2) is 36.8 Å². The van der Waals surface area contributed by atoms with E-state index in [1.165, 1.54) is 37.3 Å². The predicted octanol–water partition coefficient (Wildman–Crippen LogP) is 6.46. The van der Waals surface area contributed by atoms with Gasteiger partial charge < -0.3 is 20.1 Å². The van der Waals surface area contributed by atoms with Crippen LogP contribution < -0.4 is 20.1 Å². The number of carbonyl (C=O) groups excluding carboxylic acids is 2. The monoisotopic (exact) mass is 539 g/mol. The summed E-state index contributed by atoms with van der Waals surface area (Å²) in [6, 6.07) is 19.7. The number of nitrogens with zero attached hydrogens (tertiary/aromatic N) is 1. The van der Waals surface area contributed by atoms with Gasteiger partial charge in [-0.2, -0.15) is 0 Å². The molecule has 3 aromatic carbocycles. The number of benzene rings is 3. The second kappa shape index (κ2) is 11.9. The lowest BCUT2D eigenvalue weighted by Gasteiger charge is -2.10. The first-order valence-electron chi connectivity index (χ1n) is 10.7. The van der Waals surface area contributed by atoms with E-state index >= 15 is 0 Å². The summed E-state index contributed by atoms with van der Waals surface area (Å²) in [6.45, 7) is 0. The third-order valence-electron chi connectivity index (χ3n) is 5.03. The summed E-state index contributed by atoms with van der Waals surface area (Å²) < 4.78 is 10.5.